The highest BCUT2D eigenvalue weighted by atomic mass is 16.5. The van der Waals surface area contributed by atoms with Crippen molar-refractivity contribution in [3.8, 4) is 11.5 Å². The predicted octanol–water partition coefficient (Wildman–Crippen LogP) is 4.94. The van der Waals surface area contributed by atoms with E-state index >= 15 is 0 Å². The number of amides is 2. The van der Waals surface area contributed by atoms with Crippen molar-refractivity contribution in [2.45, 2.75) is 32.9 Å². The Bertz CT molecular complexity index is 1000. The molecular weight excluding hydrogens is 376 g/mol. The quantitative estimate of drug-likeness (QED) is 0.561. The molecule has 3 rings (SSSR count). The highest BCUT2D eigenvalue weighted by Crippen LogP contribution is 2.25. The van der Waals surface area contributed by atoms with Crippen LogP contribution in [-0.4, -0.2) is 17.9 Å². The van der Waals surface area contributed by atoms with Gasteiger partial charge < -0.3 is 15.4 Å². The fourth-order valence-electron chi connectivity index (χ4n) is 2.87. The molecule has 0 radical (unpaired) electrons. The largest absolute Gasteiger partial charge is 0.457 e. The van der Waals surface area contributed by atoms with Crippen molar-refractivity contribution >= 4 is 11.8 Å². The molecule has 3 aromatic carbocycles. The Morgan fingerprint density at radius 2 is 1.63 bits per heavy atom. The Labute approximate surface area is 177 Å². The number of hydrogen-bond acceptors (Lipinski definition) is 3. The predicted molar refractivity (Wildman–Crippen MR) is 118 cm³/mol. The summed E-state index contributed by atoms with van der Waals surface area (Å²) in [6.07, 6.45) is 0.867. The third-order valence-corrected chi connectivity index (χ3v) is 4.73. The van der Waals surface area contributed by atoms with Gasteiger partial charge in [-0.2, -0.15) is 0 Å². The minimum absolute atomic E-state index is 0.112. The maximum Gasteiger partial charge on any atom is 0.255 e. The molecule has 1 atom stereocenters. The number of rotatable bonds is 8. The van der Waals surface area contributed by atoms with Crippen LogP contribution in [-0.2, 0) is 6.54 Å². The Morgan fingerprint density at radius 1 is 0.900 bits per heavy atom. The minimum Gasteiger partial charge on any atom is -0.457 e. The average molecular weight is 402 g/mol. The Morgan fingerprint density at radius 3 is 2.40 bits per heavy atom. The molecule has 0 heterocycles. The summed E-state index contributed by atoms with van der Waals surface area (Å²) in [5, 5.41) is 5.86. The molecule has 30 heavy (non-hydrogen) atoms. The molecule has 5 heteroatoms. The van der Waals surface area contributed by atoms with Crippen LogP contribution in [0.25, 0.3) is 0 Å². The van der Waals surface area contributed by atoms with Crippen LogP contribution in [0.4, 0.5) is 0 Å². The molecule has 1 unspecified atom stereocenters. The van der Waals surface area contributed by atoms with Gasteiger partial charge in [0, 0.05) is 18.2 Å². The van der Waals surface area contributed by atoms with E-state index < -0.39 is 0 Å². The zero-order valence-electron chi connectivity index (χ0n) is 17.2. The van der Waals surface area contributed by atoms with E-state index in [1.165, 1.54) is 0 Å². The lowest BCUT2D eigenvalue weighted by molar-refractivity contribution is 0.0936. The summed E-state index contributed by atoms with van der Waals surface area (Å²) in [5.41, 5.74) is 1.88. The number of nitrogens with one attached hydrogen (secondary N) is 2. The summed E-state index contributed by atoms with van der Waals surface area (Å²) in [4.78, 5) is 25.1. The molecule has 0 aliphatic carbocycles. The number of hydrogen-bond donors (Lipinski definition) is 2. The van der Waals surface area contributed by atoms with E-state index in [0.717, 1.165) is 12.0 Å². The van der Waals surface area contributed by atoms with Crippen molar-refractivity contribution in [1.82, 2.24) is 10.6 Å². The third kappa shape index (κ3) is 5.70. The number of para-hydroxylation sites is 2. The molecule has 3 aromatic rings. The second kappa shape index (κ2) is 10.3. The molecule has 0 fully saturated rings. The van der Waals surface area contributed by atoms with Gasteiger partial charge in [0.15, 0.2) is 0 Å². The Hall–Kier alpha value is -3.60. The van der Waals surface area contributed by atoms with Gasteiger partial charge >= 0.3 is 0 Å². The molecule has 2 amide bonds. The van der Waals surface area contributed by atoms with E-state index in [2.05, 4.69) is 10.6 Å². The van der Waals surface area contributed by atoms with Crippen molar-refractivity contribution < 1.29 is 14.3 Å². The maximum absolute atomic E-state index is 12.8. The van der Waals surface area contributed by atoms with Gasteiger partial charge in [-0.05, 0) is 55.3 Å². The highest BCUT2D eigenvalue weighted by molar-refractivity contribution is 5.97. The monoisotopic (exact) mass is 402 g/mol. The van der Waals surface area contributed by atoms with Crippen LogP contribution in [0.15, 0.2) is 78.9 Å². The lowest BCUT2D eigenvalue weighted by Crippen LogP contribution is -2.32. The summed E-state index contributed by atoms with van der Waals surface area (Å²) >= 11 is 0. The summed E-state index contributed by atoms with van der Waals surface area (Å²) in [5.74, 6) is 0.802. The summed E-state index contributed by atoms with van der Waals surface area (Å²) in [7, 11) is 0. The number of carbonyl (C=O) groups is 2. The van der Waals surface area contributed by atoms with Crippen LogP contribution < -0.4 is 15.4 Å². The van der Waals surface area contributed by atoms with E-state index in [1.807, 2.05) is 62.4 Å². The summed E-state index contributed by atoms with van der Waals surface area (Å²) in [6, 6.07) is 23.8. The van der Waals surface area contributed by atoms with Crippen LogP contribution in [0.3, 0.4) is 0 Å². The van der Waals surface area contributed by atoms with Gasteiger partial charge in [0.1, 0.15) is 11.5 Å². The highest BCUT2D eigenvalue weighted by Gasteiger charge is 2.13. The van der Waals surface area contributed by atoms with E-state index in [0.29, 0.717) is 29.2 Å². The van der Waals surface area contributed by atoms with Crippen molar-refractivity contribution in [3.63, 3.8) is 0 Å². The molecule has 0 saturated heterocycles. The van der Waals surface area contributed by atoms with Crippen molar-refractivity contribution in [3.05, 3.63) is 95.6 Å². The van der Waals surface area contributed by atoms with Crippen LogP contribution in [0.1, 0.15) is 46.5 Å². The first-order valence-electron chi connectivity index (χ1n) is 10.1. The second-order valence-electron chi connectivity index (χ2n) is 7.08. The molecule has 154 valence electrons. The third-order valence-electron chi connectivity index (χ3n) is 4.73. The Balaban J connectivity index is 1.66. The first-order valence-corrected chi connectivity index (χ1v) is 10.1. The molecule has 0 aliphatic rings. The average Bonchev–Trinajstić information content (AvgIpc) is 2.78. The number of carbonyl (C=O) groups excluding carboxylic acids is 2. The first-order chi connectivity index (χ1) is 14.6. The van der Waals surface area contributed by atoms with Gasteiger partial charge in [-0.1, -0.05) is 49.4 Å². The van der Waals surface area contributed by atoms with Crippen molar-refractivity contribution in [1.29, 1.82) is 0 Å². The topological polar surface area (TPSA) is 67.4 Å². The van der Waals surface area contributed by atoms with Gasteiger partial charge in [-0.25, -0.2) is 0 Å². The zero-order valence-corrected chi connectivity index (χ0v) is 17.2. The van der Waals surface area contributed by atoms with Crippen LogP contribution in [0.5, 0.6) is 11.5 Å². The van der Waals surface area contributed by atoms with Gasteiger partial charge in [0.2, 0.25) is 0 Å². The summed E-state index contributed by atoms with van der Waals surface area (Å²) in [6.45, 7) is 4.30. The molecule has 0 aromatic heterocycles. The normalized spacial score (nSPS) is 11.4. The Kier molecular flexibility index (Phi) is 7.22. The smallest absolute Gasteiger partial charge is 0.255 e. The lowest BCUT2D eigenvalue weighted by Gasteiger charge is -2.13. The molecule has 5 nitrogen and oxygen atoms in total. The van der Waals surface area contributed by atoms with Gasteiger partial charge in [0.05, 0.1) is 5.56 Å². The van der Waals surface area contributed by atoms with Crippen LogP contribution >= 0.6 is 0 Å². The molecule has 0 aliphatic heterocycles. The number of ether oxygens (including phenoxy) is 1. The van der Waals surface area contributed by atoms with E-state index in [-0.39, 0.29) is 17.9 Å². The fourth-order valence-corrected chi connectivity index (χ4v) is 2.87. The molecule has 0 saturated carbocycles. The van der Waals surface area contributed by atoms with Crippen LogP contribution in [0, 0.1) is 0 Å². The SMILES string of the molecule is CCC(C)NC(=O)c1cccc(CNC(=O)c2ccccc2Oc2ccccc2)c1. The van der Waals surface area contributed by atoms with Crippen molar-refractivity contribution in [2.75, 3.05) is 0 Å². The van der Waals surface area contributed by atoms with Crippen molar-refractivity contribution in [2.24, 2.45) is 0 Å². The molecule has 2 N–H and O–H groups in total. The first kappa shape index (κ1) is 21.1. The second-order valence-corrected chi connectivity index (χ2v) is 7.08. The van der Waals surface area contributed by atoms with Gasteiger partial charge in [-0.3, -0.25) is 9.59 Å². The van der Waals surface area contributed by atoms with E-state index in [9.17, 15) is 9.59 Å². The summed E-state index contributed by atoms with van der Waals surface area (Å²) < 4.78 is 5.87. The fraction of sp³-hybridized carbons (Fsp3) is 0.200. The van der Waals surface area contributed by atoms with E-state index in [4.69, 9.17) is 4.74 Å². The maximum atomic E-state index is 12.8. The zero-order chi connectivity index (χ0) is 21.3. The number of benzene rings is 3. The van der Waals surface area contributed by atoms with Gasteiger partial charge in [-0.15, -0.1) is 0 Å². The van der Waals surface area contributed by atoms with E-state index in [1.54, 1.807) is 30.3 Å². The standard InChI is InChI=1S/C25H26N2O3/c1-3-18(2)27-24(28)20-11-9-10-19(16-20)17-26-25(29)22-14-7-8-15-23(22)30-21-12-5-4-6-13-21/h4-16,18H,3,17H2,1-2H3,(H,26,29)(H,27,28). The van der Waals surface area contributed by atoms with Crippen LogP contribution in [0.2, 0.25) is 0 Å². The minimum atomic E-state index is -0.240. The molecule has 0 bridgehead atoms. The lowest BCUT2D eigenvalue weighted by atomic mass is 10.1. The molecule has 0 spiro atoms. The molecular formula is C25H26N2O3. The van der Waals surface area contributed by atoms with Gasteiger partial charge in [0.25, 0.3) is 11.8 Å².